The molecule has 1 heterocycles. The summed E-state index contributed by atoms with van der Waals surface area (Å²) in [5, 5.41) is 0. The molecule has 0 unspecified atom stereocenters. The lowest BCUT2D eigenvalue weighted by molar-refractivity contribution is -0.143. The number of esters is 1. The van der Waals surface area contributed by atoms with Crippen molar-refractivity contribution < 1.29 is 17.9 Å². The van der Waals surface area contributed by atoms with Gasteiger partial charge in [0.15, 0.2) is 9.84 Å². The van der Waals surface area contributed by atoms with Gasteiger partial charge < -0.3 is 9.64 Å². The lowest BCUT2D eigenvalue weighted by Crippen LogP contribution is -2.41. The quantitative estimate of drug-likeness (QED) is 0.624. The molecule has 0 aromatic carbocycles. The highest BCUT2D eigenvalue weighted by atomic mass is 32.2. The number of nitrogens with zero attached hydrogens (tertiary/aromatic N) is 1. The van der Waals surface area contributed by atoms with Gasteiger partial charge in [-0.25, -0.2) is 8.42 Å². The maximum Gasteiger partial charge on any atom is 0.307 e. The summed E-state index contributed by atoms with van der Waals surface area (Å²) in [5.41, 5.74) is 0. The molecule has 0 atom stereocenters. The van der Waals surface area contributed by atoms with E-state index >= 15 is 0 Å². The van der Waals surface area contributed by atoms with Gasteiger partial charge in [0, 0.05) is 19.6 Å². The molecular formula is C9H17NO4S. The van der Waals surface area contributed by atoms with E-state index in [1.807, 2.05) is 4.90 Å². The van der Waals surface area contributed by atoms with Crippen molar-refractivity contribution in [3.05, 3.63) is 0 Å². The lowest BCUT2D eigenvalue weighted by Gasteiger charge is -2.25. The van der Waals surface area contributed by atoms with Gasteiger partial charge in [0.25, 0.3) is 0 Å². The fourth-order valence-electron chi connectivity index (χ4n) is 1.46. The van der Waals surface area contributed by atoms with E-state index < -0.39 is 9.84 Å². The van der Waals surface area contributed by atoms with Crippen LogP contribution in [0.5, 0.6) is 0 Å². The molecule has 1 fully saturated rings. The Bertz CT molecular complexity index is 298. The second-order valence-electron chi connectivity index (χ2n) is 3.55. The van der Waals surface area contributed by atoms with Crippen molar-refractivity contribution in [1.82, 2.24) is 4.90 Å². The van der Waals surface area contributed by atoms with Gasteiger partial charge in [-0.3, -0.25) is 4.79 Å². The van der Waals surface area contributed by atoms with E-state index in [-0.39, 0.29) is 17.5 Å². The third-order valence-electron chi connectivity index (χ3n) is 2.37. The van der Waals surface area contributed by atoms with Crippen LogP contribution in [0.15, 0.2) is 0 Å². The molecule has 0 radical (unpaired) electrons. The Morgan fingerprint density at radius 1 is 1.33 bits per heavy atom. The third kappa shape index (κ3) is 4.61. The zero-order valence-electron chi connectivity index (χ0n) is 8.94. The molecule has 1 aliphatic rings. The molecule has 0 saturated carbocycles. The van der Waals surface area contributed by atoms with Gasteiger partial charge in [-0.15, -0.1) is 0 Å². The zero-order chi connectivity index (χ0) is 11.3. The normalized spacial score (nSPS) is 21.1. The predicted octanol–water partition coefficient (Wildman–Crippen LogP) is -0.330. The van der Waals surface area contributed by atoms with Crippen LogP contribution < -0.4 is 0 Å². The Hall–Kier alpha value is -0.620. The fraction of sp³-hybridized carbons (Fsp3) is 0.889. The predicted molar refractivity (Wildman–Crippen MR) is 56.3 cm³/mol. The topological polar surface area (TPSA) is 63.7 Å². The summed E-state index contributed by atoms with van der Waals surface area (Å²) < 4.78 is 27.0. The molecule has 0 spiro atoms. The van der Waals surface area contributed by atoms with Crippen molar-refractivity contribution in [3.8, 4) is 0 Å². The van der Waals surface area contributed by atoms with Crippen LogP contribution in [0.4, 0.5) is 0 Å². The summed E-state index contributed by atoms with van der Waals surface area (Å²) in [4.78, 5) is 13.0. The molecule has 0 aromatic heterocycles. The summed E-state index contributed by atoms with van der Waals surface area (Å²) in [5.74, 6) is 0.192. The van der Waals surface area contributed by atoms with Crippen molar-refractivity contribution in [2.75, 3.05) is 37.7 Å². The third-order valence-corrected chi connectivity index (χ3v) is 3.98. The minimum atomic E-state index is -2.82. The number of rotatable bonds is 4. The highest BCUT2D eigenvalue weighted by Gasteiger charge is 2.21. The van der Waals surface area contributed by atoms with E-state index in [0.717, 1.165) is 0 Å². The van der Waals surface area contributed by atoms with E-state index in [0.29, 0.717) is 32.7 Å². The Balaban J connectivity index is 2.22. The summed E-state index contributed by atoms with van der Waals surface area (Å²) in [6, 6.07) is 0. The number of carbonyl (C=O) groups excluding carboxylic acids is 1. The van der Waals surface area contributed by atoms with Gasteiger partial charge in [0.2, 0.25) is 0 Å². The van der Waals surface area contributed by atoms with Gasteiger partial charge in [0.1, 0.15) is 0 Å². The Labute approximate surface area is 90.3 Å². The molecular weight excluding hydrogens is 218 g/mol. The van der Waals surface area contributed by atoms with Gasteiger partial charge >= 0.3 is 5.97 Å². The molecule has 0 aromatic rings. The largest absolute Gasteiger partial charge is 0.466 e. The van der Waals surface area contributed by atoms with E-state index in [1.165, 1.54) is 0 Å². The minimum Gasteiger partial charge on any atom is -0.466 e. The Morgan fingerprint density at radius 2 is 1.93 bits per heavy atom. The molecule has 0 N–H and O–H groups in total. The summed E-state index contributed by atoms with van der Waals surface area (Å²) in [6.45, 7) is 3.82. The van der Waals surface area contributed by atoms with Crippen LogP contribution in [0.25, 0.3) is 0 Å². The first-order valence-electron chi connectivity index (χ1n) is 5.12. The first kappa shape index (κ1) is 12.4. The number of carbonyl (C=O) groups is 1. The van der Waals surface area contributed by atoms with Crippen LogP contribution >= 0.6 is 0 Å². The molecule has 1 aliphatic heterocycles. The Morgan fingerprint density at radius 3 is 2.47 bits per heavy atom. The average Bonchev–Trinajstić information content (AvgIpc) is 2.17. The average molecular weight is 235 g/mol. The van der Waals surface area contributed by atoms with Gasteiger partial charge in [-0.1, -0.05) is 0 Å². The highest BCUT2D eigenvalue weighted by Crippen LogP contribution is 2.04. The summed E-state index contributed by atoms with van der Waals surface area (Å²) in [7, 11) is -2.82. The summed E-state index contributed by atoms with van der Waals surface area (Å²) >= 11 is 0. The molecule has 0 aliphatic carbocycles. The smallest absolute Gasteiger partial charge is 0.307 e. The van der Waals surface area contributed by atoms with Crippen LogP contribution in [-0.2, 0) is 19.4 Å². The minimum absolute atomic E-state index is 0.204. The monoisotopic (exact) mass is 235 g/mol. The first-order valence-corrected chi connectivity index (χ1v) is 6.94. The number of sulfone groups is 1. The SMILES string of the molecule is CCOC(=O)CCN1CCS(=O)(=O)CC1. The van der Waals surface area contributed by atoms with Gasteiger partial charge in [-0.2, -0.15) is 0 Å². The van der Waals surface area contributed by atoms with Crippen LogP contribution in [0, 0.1) is 0 Å². The fourth-order valence-corrected chi connectivity index (χ4v) is 2.73. The molecule has 1 saturated heterocycles. The van der Waals surface area contributed by atoms with Gasteiger partial charge in [0.05, 0.1) is 24.5 Å². The second kappa shape index (κ2) is 5.46. The number of hydrogen-bond donors (Lipinski definition) is 0. The molecule has 5 nitrogen and oxygen atoms in total. The number of ether oxygens (including phenoxy) is 1. The van der Waals surface area contributed by atoms with Crippen molar-refractivity contribution in [3.63, 3.8) is 0 Å². The zero-order valence-corrected chi connectivity index (χ0v) is 9.75. The van der Waals surface area contributed by atoms with E-state index in [2.05, 4.69) is 0 Å². The molecule has 0 bridgehead atoms. The van der Waals surface area contributed by atoms with Crippen molar-refractivity contribution in [1.29, 1.82) is 0 Å². The van der Waals surface area contributed by atoms with E-state index in [9.17, 15) is 13.2 Å². The lowest BCUT2D eigenvalue weighted by atomic mass is 10.3. The standard InChI is InChI=1S/C9H17NO4S/c1-2-14-9(11)3-4-10-5-7-15(12,13)8-6-10/h2-8H2,1H3. The maximum atomic E-state index is 11.1. The molecule has 1 rings (SSSR count). The second-order valence-corrected chi connectivity index (χ2v) is 5.85. The van der Waals surface area contributed by atoms with Crippen molar-refractivity contribution in [2.24, 2.45) is 0 Å². The van der Waals surface area contributed by atoms with Gasteiger partial charge in [-0.05, 0) is 6.92 Å². The highest BCUT2D eigenvalue weighted by molar-refractivity contribution is 7.91. The molecule has 88 valence electrons. The van der Waals surface area contributed by atoms with Crippen LogP contribution in [0.2, 0.25) is 0 Å². The van der Waals surface area contributed by atoms with Crippen molar-refractivity contribution >= 4 is 15.8 Å². The van der Waals surface area contributed by atoms with Crippen LogP contribution in [0.3, 0.4) is 0 Å². The molecule has 6 heteroatoms. The summed E-state index contributed by atoms with van der Waals surface area (Å²) in [6.07, 6.45) is 0.341. The first-order chi connectivity index (χ1) is 7.03. The van der Waals surface area contributed by atoms with Crippen molar-refractivity contribution in [2.45, 2.75) is 13.3 Å². The molecule has 0 amide bonds. The molecule has 15 heavy (non-hydrogen) atoms. The number of hydrogen-bond acceptors (Lipinski definition) is 5. The van der Waals surface area contributed by atoms with E-state index in [4.69, 9.17) is 4.74 Å². The van der Waals surface area contributed by atoms with Crippen LogP contribution in [-0.4, -0.2) is 57.0 Å². The maximum absolute atomic E-state index is 11.1. The van der Waals surface area contributed by atoms with Crippen LogP contribution in [0.1, 0.15) is 13.3 Å². The Kier molecular flexibility index (Phi) is 4.53. The van der Waals surface area contributed by atoms with E-state index in [1.54, 1.807) is 6.92 Å².